The van der Waals surface area contributed by atoms with Crippen LogP contribution in [-0.2, 0) is 17.9 Å². The van der Waals surface area contributed by atoms with Crippen LogP contribution in [0.2, 0.25) is 0 Å². The molecule has 0 aliphatic heterocycles. The van der Waals surface area contributed by atoms with E-state index < -0.39 is 11.4 Å². The lowest BCUT2D eigenvalue weighted by atomic mass is 10.1. The fourth-order valence-corrected chi connectivity index (χ4v) is 3.52. The topological polar surface area (TPSA) is 147 Å². The largest absolute Gasteiger partial charge is 0.425 e. The number of rotatable bonds is 19. The predicted octanol–water partition coefficient (Wildman–Crippen LogP) is 3.35. The Morgan fingerprint density at radius 2 is 1.24 bits per heavy atom. The van der Waals surface area contributed by atoms with Gasteiger partial charge in [-0.25, -0.2) is 33.5 Å². The van der Waals surface area contributed by atoms with E-state index >= 15 is 0 Å². The quantitative estimate of drug-likeness (QED) is 0.171. The summed E-state index contributed by atoms with van der Waals surface area (Å²) in [6, 6.07) is 4.26. The highest BCUT2D eigenvalue weighted by atomic mass is 16.4. The van der Waals surface area contributed by atoms with Gasteiger partial charge in [0.15, 0.2) is 0 Å². The Kier molecular flexibility index (Phi) is 16.3. The van der Waals surface area contributed by atoms with E-state index in [1.54, 1.807) is 0 Å². The molecule has 0 unspecified atom stereocenters. The van der Waals surface area contributed by atoms with Gasteiger partial charge in [-0.3, -0.25) is 0 Å². The minimum absolute atomic E-state index is 0.0621. The predicted molar refractivity (Wildman–Crippen MR) is 127 cm³/mol. The lowest BCUT2D eigenvalue weighted by molar-refractivity contribution is 0.300. The summed E-state index contributed by atoms with van der Waals surface area (Å²) in [6.45, 7) is 1.55. The number of hydrogen-bond donors (Lipinski definition) is 0. The maximum Gasteiger partial charge on any atom is 0.425 e. The van der Waals surface area contributed by atoms with Crippen LogP contribution >= 0.6 is 0 Å². The summed E-state index contributed by atoms with van der Waals surface area (Å²) in [5.74, 6) is -0.700. The van der Waals surface area contributed by atoms with Crippen molar-refractivity contribution in [1.82, 2.24) is 9.13 Å². The monoisotopic (exact) mass is 472 g/mol. The van der Waals surface area contributed by atoms with Gasteiger partial charge in [0, 0.05) is 32.5 Å². The van der Waals surface area contributed by atoms with Gasteiger partial charge in [-0.2, -0.15) is 10.5 Å². The molecule has 1 rings (SSSR count). The number of carbonyl (C=O) groups excluding carboxylic acids is 1. The first kappa shape index (κ1) is 28.8. The molecule has 1 heterocycles. The zero-order chi connectivity index (χ0) is 24.9. The van der Waals surface area contributed by atoms with Crippen molar-refractivity contribution < 1.29 is 9.21 Å². The molecule has 0 spiro atoms. The van der Waals surface area contributed by atoms with Crippen molar-refractivity contribution in [1.29, 1.82) is 10.5 Å². The van der Waals surface area contributed by atoms with Crippen molar-refractivity contribution in [2.24, 2.45) is 9.98 Å². The molecule has 186 valence electrons. The van der Waals surface area contributed by atoms with Gasteiger partial charge in [-0.05, 0) is 38.5 Å². The van der Waals surface area contributed by atoms with Gasteiger partial charge >= 0.3 is 17.1 Å². The van der Waals surface area contributed by atoms with Crippen LogP contribution < -0.4 is 17.1 Å². The first-order valence-corrected chi connectivity index (χ1v) is 12.3. The van der Waals surface area contributed by atoms with Gasteiger partial charge in [-0.1, -0.05) is 38.5 Å². The van der Waals surface area contributed by atoms with E-state index in [0.717, 1.165) is 75.2 Å². The Balaban J connectivity index is 2.83. The molecule has 0 saturated heterocycles. The summed E-state index contributed by atoms with van der Waals surface area (Å²) in [7, 11) is 0. The minimum atomic E-state index is -0.700. The molecule has 0 N–H and O–H groups in total. The summed E-state index contributed by atoms with van der Waals surface area (Å²) in [5.41, 5.74) is -0.348. The van der Waals surface area contributed by atoms with Crippen LogP contribution in [0.1, 0.15) is 89.9 Å². The van der Waals surface area contributed by atoms with Crippen LogP contribution in [0.25, 0.3) is 0 Å². The molecular formula is C24H36N6O4. The summed E-state index contributed by atoms with van der Waals surface area (Å²) in [4.78, 5) is 43.5. The summed E-state index contributed by atoms with van der Waals surface area (Å²) >= 11 is 0. The van der Waals surface area contributed by atoms with Crippen molar-refractivity contribution in [2.45, 2.75) is 103 Å². The van der Waals surface area contributed by atoms with Crippen molar-refractivity contribution in [3.63, 3.8) is 0 Å². The van der Waals surface area contributed by atoms with Crippen LogP contribution in [-0.4, -0.2) is 28.3 Å². The van der Waals surface area contributed by atoms with Crippen LogP contribution in [0.3, 0.4) is 0 Å². The number of hydrogen-bond acceptors (Lipinski definition) is 8. The standard InChI is InChI=1S/C24H36N6O4/c25-15-9-3-1-5-12-18-28-22-29(19-13-7-2-4-10-16-26)23(32)30(24(33)34-22)20-14-8-6-11-17-27-21-31/h1-14,17-20H2/b28-22+. The molecule has 0 aromatic carbocycles. The second-order valence-corrected chi connectivity index (χ2v) is 8.15. The second kappa shape index (κ2) is 19.3. The molecule has 1 aromatic heterocycles. The van der Waals surface area contributed by atoms with Gasteiger partial charge in [0.25, 0.3) is 0 Å². The molecule has 0 saturated carbocycles. The lowest BCUT2D eigenvalue weighted by Crippen LogP contribution is -2.47. The number of nitriles is 2. The normalized spacial score (nSPS) is 11.1. The minimum Gasteiger partial charge on any atom is -0.375 e. The van der Waals surface area contributed by atoms with Crippen LogP contribution in [0.5, 0.6) is 0 Å². The molecule has 1 aromatic rings. The van der Waals surface area contributed by atoms with Crippen LogP contribution in [0.15, 0.2) is 24.0 Å². The van der Waals surface area contributed by atoms with E-state index in [0.29, 0.717) is 38.9 Å². The van der Waals surface area contributed by atoms with Gasteiger partial charge in [0.2, 0.25) is 6.08 Å². The van der Waals surface area contributed by atoms with Gasteiger partial charge in [0.1, 0.15) is 0 Å². The molecule has 0 amide bonds. The van der Waals surface area contributed by atoms with E-state index in [-0.39, 0.29) is 12.2 Å². The molecule has 0 radical (unpaired) electrons. The number of aromatic nitrogens is 2. The number of nitrogens with zero attached hydrogens (tertiary/aromatic N) is 6. The lowest BCUT2D eigenvalue weighted by Gasteiger charge is -2.10. The highest BCUT2D eigenvalue weighted by molar-refractivity contribution is 5.32. The van der Waals surface area contributed by atoms with Gasteiger partial charge in [0.05, 0.1) is 18.7 Å². The molecule has 34 heavy (non-hydrogen) atoms. The highest BCUT2D eigenvalue weighted by Crippen LogP contribution is 2.04. The Morgan fingerprint density at radius 3 is 1.82 bits per heavy atom. The maximum absolute atomic E-state index is 13.1. The van der Waals surface area contributed by atoms with Crippen molar-refractivity contribution in [3.05, 3.63) is 26.7 Å². The Hall–Kier alpha value is -3.23. The molecule has 0 aliphatic rings. The summed E-state index contributed by atoms with van der Waals surface area (Å²) in [5, 5.41) is 17.2. The number of aliphatic imine (C=N–C) groups is 1. The van der Waals surface area contributed by atoms with Crippen molar-refractivity contribution in [2.75, 3.05) is 13.1 Å². The zero-order valence-corrected chi connectivity index (χ0v) is 20.0. The fourth-order valence-electron chi connectivity index (χ4n) is 3.52. The van der Waals surface area contributed by atoms with Crippen molar-refractivity contribution >= 4 is 6.08 Å². The Labute approximate surface area is 200 Å². The second-order valence-electron chi connectivity index (χ2n) is 8.15. The molecule has 0 atom stereocenters. The van der Waals surface area contributed by atoms with E-state index in [1.165, 1.54) is 10.6 Å². The summed E-state index contributed by atoms with van der Waals surface area (Å²) < 4.78 is 8.00. The third kappa shape index (κ3) is 12.1. The third-order valence-corrected chi connectivity index (χ3v) is 5.42. The fraction of sp³-hybridized carbons (Fsp3) is 0.750. The third-order valence-electron chi connectivity index (χ3n) is 5.42. The van der Waals surface area contributed by atoms with E-state index in [1.807, 2.05) is 0 Å². The van der Waals surface area contributed by atoms with E-state index in [9.17, 15) is 14.4 Å². The summed E-state index contributed by atoms with van der Waals surface area (Å²) in [6.07, 6.45) is 12.5. The van der Waals surface area contributed by atoms with Crippen LogP contribution in [0, 0.1) is 22.7 Å². The maximum atomic E-state index is 13.1. The Morgan fingerprint density at radius 1 is 0.706 bits per heavy atom. The molecule has 10 nitrogen and oxygen atoms in total. The molecule has 0 bridgehead atoms. The Bertz CT molecular complexity index is 1020. The van der Waals surface area contributed by atoms with E-state index in [2.05, 4.69) is 22.1 Å². The molecule has 0 aliphatic carbocycles. The smallest absolute Gasteiger partial charge is 0.375 e. The van der Waals surface area contributed by atoms with Crippen LogP contribution in [0.4, 0.5) is 0 Å². The highest BCUT2D eigenvalue weighted by Gasteiger charge is 2.11. The zero-order valence-electron chi connectivity index (χ0n) is 20.0. The number of isocyanates is 1. The first-order chi connectivity index (χ1) is 16.7. The average molecular weight is 473 g/mol. The SMILES string of the molecule is N#CCCCCCC/N=c1/oc(=O)n(CCCCCCN=C=O)c(=O)n1CCCCCCC#N. The molecule has 0 fully saturated rings. The molecular weight excluding hydrogens is 436 g/mol. The average Bonchev–Trinajstić information content (AvgIpc) is 2.83. The molecule has 10 heteroatoms. The first-order valence-electron chi connectivity index (χ1n) is 12.3. The number of unbranched alkanes of at least 4 members (excludes halogenated alkanes) is 11. The van der Waals surface area contributed by atoms with Gasteiger partial charge in [-0.15, -0.1) is 0 Å². The van der Waals surface area contributed by atoms with Gasteiger partial charge < -0.3 is 4.42 Å². The van der Waals surface area contributed by atoms with E-state index in [4.69, 9.17) is 14.9 Å². The van der Waals surface area contributed by atoms with Crippen molar-refractivity contribution in [3.8, 4) is 12.1 Å².